The van der Waals surface area contributed by atoms with Gasteiger partial charge in [-0.3, -0.25) is 5.32 Å². The molecule has 5 heteroatoms. The lowest BCUT2D eigenvalue weighted by molar-refractivity contribution is 0.0906. The van der Waals surface area contributed by atoms with Gasteiger partial charge in [0.2, 0.25) is 0 Å². The van der Waals surface area contributed by atoms with Crippen molar-refractivity contribution >= 4 is 35.0 Å². The summed E-state index contributed by atoms with van der Waals surface area (Å²) in [6.07, 6.45) is 4.55. The molecule has 0 aromatic heterocycles. The average molecular weight is 272 g/mol. The summed E-state index contributed by atoms with van der Waals surface area (Å²) in [5.74, 6) is 2.35. The third-order valence-electron chi connectivity index (χ3n) is 1.86. The van der Waals surface area contributed by atoms with Gasteiger partial charge in [-0.25, -0.2) is 4.79 Å². The van der Waals surface area contributed by atoms with Gasteiger partial charge >= 0.3 is 6.09 Å². The molecule has 1 amide bonds. The van der Waals surface area contributed by atoms with Crippen LogP contribution in [0.1, 0.15) is 13.8 Å². The minimum absolute atomic E-state index is 0.348. The minimum atomic E-state index is -0.958. The first kappa shape index (κ1) is 13.7. The number of ether oxygens (including phenoxy) is 1. The quantitative estimate of drug-likeness (QED) is 0.828. The molecule has 0 aliphatic rings. The van der Waals surface area contributed by atoms with Crippen LogP contribution in [0.15, 0.2) is 18.2 Å². The standard InChI is InChI=1S/C12H11Cl2NO2/c1-4-12(2,3)17-11(16)15-8-5-6-9(13)10(14)7-8/h1,5-7H,2-3H3,(H,15,16). The van der Waals surface area contributed by atoms with Gasteiger partial charge in [0, 0.05) is 5.69 Å². The summed E-state index contributed by atoms with van der Waals surface area (Å²) < 4.78 is 5.00. The molecule has 0 bridgehead atoms. The molecule has 0 unspecified atom stereocenters. The second kappa shape index (κ2) is 5.31. The third-order valence-corrected chi connectivity index (χ3v) is 2.60. The van der Waals surface area contributed by atoms with Crippen LogP contribution in [0.25, 0.3) is 0 Å². The first-order chi connectivity index (χ1) is 7.84. The number of hydrogen-bond donors (Lipinski definition) is 1. The summed E-state index contributed by atoms with van der Waals surface area (Å²) in [7, 11) is 0. The van der Waals surface area contributed by atoms with E-state index in [1.807, 2.05) is 0 Å². The number of benzene rings is 1. The summed E-state index contributed by atoms with van der Waals surface area (Å²) in [4.78, 5) is 11.5. The largest absolute Gasteiger partial charge is 0.430 e. The Labute approximate surface area is 110 Å². The molecule has 3 nitrogen and oxygen atoms in total. The maximum atomic E-state index is 11.5. The Morgan fingerprint density at radius 2 is 2.06 bits per heavy atom. The number of terminal acetylenes is 1. The Hall–Kier alpha value is -1.37. The SMILES string of the molecule is C#CC(C)(C)OC(=O)Nc1ccc(Cl)c(Cl)c1. The zero-order valence-corrected chi connectivity index (χ0v) is 10.9. The highest BCUT2D eigenvalue weighted by Crippen LogP contribution is 2.25. The first-order valence-electron chi connectivity index (χ1n) is 4.77. The Morgan fingerprint density at radius 3 is 2.59 bits per heavy atom. The topological polar surface area (TPSA) is 38.3 Å². The van der Waals surface area contributed by atoms with Crippen LogP contribution >= 0.6 is 23.2 Å². The van der Waals surface area contributed by atoms with Crippen LogP contribution in [-0.2, 0) is 4.74 Å². The Bertz CT molecular complexity index is 478. The second-order valence-electron chi connectivity index (χ2n) is 3.80. The summed E-state index contributed by atoms with van der Waals surface area (Å²) in [5, 5.41) is 3.26. The molecule has 0 fully saturated rings. The maximum Gasteiger partial charge on any atom is 0.413 e. The van der Waals surface area contributed by atoms with Crippen LogP contribution in [-0.4, -0.2) is 11.7 Å². The van der Waals surface area contributed by atoms with Gasteiger partial charge in [0.1, 0.15) is 0 Å². The van der Waals surface area contributed by atoms with E-state index >= 15 is 0 Å². The molecule has 90 valence electrons. The number of carbonyl (C=O) groups is 1. The van der Waals surface area contributed by atoms with Gasteiger partial charge in [-0.1, -0.05) is 29.1 Å². The van der Waals surface area contributed by atoms with E-state index in [0.29, 0.717) is 15.7 Å². The summed E-state index contributed by atoms with van der Waals surface area (Å²) in [6, 6.07) is 4.71. The molecular formula is C12H11Cl2NO2. The Morgan fingerprint density at radius 1 is 1.41 bits per heavy atom. The van der Waals surface area contributed by atoms with E-state index in [4.69, 9.17) is 34.4 Å². The van der Waals surface area contributed by atoms with E-state index in [1.54, 1.807) is 26.0 Å². The number of rotatable bonds is 2. The first-order valence-corrected chi connectivity index (χ1v) is 5.52. The molecule has 0 heterocycles. The van der Waals surface area contributed by atoms with Crippen molar-refractivity contribution in [2.45, 2.75) is 19.4 Å². The average Bonchev–Trinajstić information content (AvgIpc) is 2.23. The summed E-state index contributed by atoms with van der Waals surface area (Å²) in [5.41, 5.74) is -0.474. The molecule has 1 aromatic rings. The molecule has 1 N–H and O–H groups in total. The van der Waals surface area contributed by atoms with E-state index in [1.165, 1.54) is 6.07 Å². The molecule has 0 radical (unpaired) electrons. The lowest BCUT2D eigenvalue weighted by Gasteiger charge is -2.18. The molecule has 0 aliphatic heterocycles. The van der Waals surface area contributed by atoms with E-state index in [-0.39, 0.29) is 0 Å². The fourth-order valence-electron chi connectivity index (χ4n) is 0.978. The van der Waals surface area contributed by atoms with Crippen molar-refractivity contribution in [3.05, 3.63) is 28.2 Å². The fraction of sp³-hybridized carbons (Fsp3) is 0.250. The van der Waals surface area contributed by atoms with Crippen molar-refractivity contribution in [1.82, 2.24) is 0 Å². The van der Waals surface area contributed by atoms with Gasteiger partial charge in [0.25, 0.3) is 0 Å². The van der Waals surface area contributed by atoms with Gasteiger partial charge in [-0.05, 0) is 32.0 Å². The van der Waals surface area contributed by atoms with Gasteiger partial charge in [-0.2, -0.15) is 0 Å². The molecule has 0 spiro atoms. The molecule has 1 aromatic carbocycles. The number of nitrogens with one attached hydrogen (secondary N) is 1. The van der Waals surface area contributed by atoms with Gasteiger partial charge < -0.3 is 4.74 Å². The van der Waals surface area contributed by atoms with Crippen LogP contribution in [0.3, 0.4) is 0 Å². The van der Waals surface area contributed by atoms with E-state index < -0.39 is 11.7 Å². The van der Waals surface area contributed by atoms with Crippen LogP contribution in [0, 0.1) is 12.3 Å². The van der Waals surface area contributed by atoms with E-state index in [9.17, 15) is 4.79 Å². The van der Waals surface area contributed by atoms with Crippen molar-refractivity contribution in [3.8, 4) is 12.3 Å². The summed E-state index contributed by atoms with van der Waals surface area (Å²) >= 11 is 11.5. The third kappa shape index (κ3) is 4.18. The fourth-order valence-corrected chi connectivity index (χ4v) is 1.28. The molecule has 0 saturated heterocycles. The van der Waals surface area contributed by atoms with Crippen molar-refractivity contribution in [3.63, 3.8) is 0 Å². The van der Waals surface area contributed by atoms with Crippen molar-refractivity contribution in [2.24, 2.45) is 0 Å². The summed E-state index contributed by atoms with van der Waals surface area (Å²) in [6.45, 7) is 3.23. The molecule has 0 atom stereocenters. The van der Waals surface area contributed by atoms with Crippen LogP contribution in [0.4, 0.5) is 10.5 Å². The smallest absolute Gasteiger partial charge is 0.413 e. The highest BCUT2D eigenvalue weighted by molar-refractivity contribution is 6.42. The Kier molecular flexibility index (Phi) is 4.28. The van der Waals surface area contributed by atoms with Crippen LogP contribution in [0.5, 0.6) is 0 Å². The van der Waals surface area contributed by atoms with Gasteiger partial charge in [0.15, 0.2) is 5.60 Å². The maximum absolute atomic E-state index is 11.5. The Balaban J connectivity index is 2.69. The van der Waals surface area contributed by atoms with Crippen LogP contribution in [0.2, 0.25) is 10.0 Å². The van der Waals surface area contributed by atoms with Crippen LogP contribution < -0.4 is 5.32 Å². The molecule has 1 rings (SSSR count). The van der Waals surface area contributed by atoms with Crippen molar-refractivity contribution in [2.75, 3.05) is 5.32 Å². The predicted octanol–water partition coefficient (Wildman–Crippen LogP) is 3.95. The number of carbonyl (C=O) groups excluding carboxylic acids is 1. The molecule has 0 aliphatic carbocycles. The number of hydrogen-bond acceptors (Lipinski definition) is 2. The monoisotopic (exact) mass is 271 g/mol. The second-order valence-corrected chi connectivity index (χ2v) is 4.61. The highest BCUT2D eigenvalue weighted by atomic mass is 35.5. The minimum Gasteiger partial charge on any atom is -0.430 e. The molecular weight excluding hydrogens is 261 g/mol. The number of halogens is 2. The number of amides is 1. The normalized spacial score (nSPS) is 10.5. The van der Waals surface area contributed by atoms with Crippen molar-refractivity contribution < 1.29 is 9.53 Å². The lowest BCUT2D eigenvalue weighted by Crippen LogP contribution is -2.28. The zero-order valence-electron chi connectivity index (χ0n) is 9.38. The molecule has 17 heavy (non-hydrogen) atoms. The molecule has 0 saturated carbocycles. The van der Waals surface area contributed by atoms with E-state index in [2.05, 4.69) is 11.2 Å². The zero-order chi connectivity index (χ0) is 13.1. The van der Waals surface area contributed by atoms with Gasteiger partial charge in [-0.15, -0.1) is 6.42 Å². The highest BCUT2D eigenvalue weighted by Gasteiger charge is 2.19. The van der Waals surface area contributed by atoms with Crippen molar-refractivity contribution in [1.29, 1.82) is 0 Å². The number of anilines is 1. The van der Waals surface area contributed by atoms with E-state index in [0.717, 1.165) is 0 Å². The van der Waals surface area contributed by atoms with Gasteiger partial charge in [0.05, 0.1) is 10.0 Å². The predicted molar refractivity (Wildman–Crippen MR) is 69.5 cm³/mol. The lowest BCUT2D eigenvalue weighted by atomic mass is 10.1.